The molecule has 0 saturated carbocycles. The van der Waals surface area contributed by atoms with Gasteiger partial charge in [-0.15, -0.1) is 0 Å². The lowest BCUT2D eigenvalue weighted by atomic mass is 9.78. The van der Waals surface area contributed by atoms with E-state index in [2.05, 4.69) is 42.7 Å². The smallest absolute Gasteiger partial charge is 0.0629 e. The van der Waals surface area contributed by atoms with Gasteiger partial charge in [0, 0.05) is 21.9 Å². The van der Waals surface area contributed by atoms with Crippen LogP contribution in [-0.4, -0.2) is 4.57 Å². The van der Waals surface area contributed by atoms with Crippen molar-refractivity contribution in [2.24, 2.45) is 0 Å². The van der Waals surface area contributed by atoms with Crippen molar-refractivity contribution in [1.29, 1.82) is 0 Å². The van der Waals surface area contributed by atoms with Crippen molar-refractivity contribution in [3.63, 3.8) is 0 Å². The fourth-order valence-electron chi connectivity index (χ4n) is 5.46. The van der Waals surface area contributed by atoms with Crippen LogP contribution in [-0.2, 0) is 5.41 Å². The van der Waals surface area contributed by atoms with Gasteiger partial charge in [0.05, 0.1) is 24.7 Å². The second kappa shape index (κ2) is 9.70. The fraction of sp³-hybridized carbons (Fsp3) is 0.0769. The highest BCUT2D eigenvalue weighted by Gasteiger charge is 2.24. The van der Waals surface area contributed by atoms with Crippen molar-refractivity contribution in [2.75, 3.05) is 0 Å². The number of hydrogen-bond acceptors (Lipinski definition) is 0. The summed E-state index contributed by atoms with van der Waals surface area (Å²) in [6.45, 7) is 4.35. The SMILES string of the molecule is [2H]c1c([2H])c([2H])c(-c2ccc3c(c2)c2cc(-c4c([2H])c([2H])c([2H])c([2H])c4[2H])ccc2n3-c2cccc(C(C)(C)c3ccccc3)c2)c([2H])c1[2H]. The van der Waals surface area contributed by atoms with Gasteiger partial charge in [-0.05, 0) is 69.8 Å². The van der Waals surface area contributed by atoms with Crippen LogP contribution in [0.4, 0.5) is 0 Å². The van der Waals surface area contributed by atoms with Crippen LogP contribution in [0.2, 0.25) is 0 Å². The summed E-state index contributed by atoms with van der Waals surface area (Å²) >= 11 is 0. The molecule has 0 aliphatic rings. The van der Waals surface area contributed by atoms with Gasteiger partial charge in [-0.3, -0.25) is 0 Å². The molecule has 0 radical (unpaired) electrons. The molecule has 1 heteroatoms. The molecule has 1 nitrogen and oxygen atoms in total. The van der Waals surface area contributed by atoms with E-state index in [0.29, 0.717) is 21.9 Å². The number of rotatable bonds is 5. The third-order valence-electron chi connectivity index (χ3n) is 7.66. The molecule has 192 valence electrons. The van der Waals surface area contributed by atoms with Gasteiger partial charge in [0.1, 0.15) is 0 Å². The minimum absolute atomic E-state index is 0.0761. The van der Waals surface area contributed by atoms with E-state index in [1.165, 1.54) is 0 Å². The van der Waals surface area contributed by atoms with Crippen molar-refractivity contribution in [3.05, 3.63) is 163 Å². The lowest BCUT2D eigenvalue weighted by Crippen LogP contribution is -2.19. The van der Waals surface area contributed by atoms with Gasteiger partial charge in [0.15, 0.2) is 0 Å². The van der Waals surface area contributed by atoms with Crippen LogP contribution < -0.4 is 0 Å². The highest BCUT2D eigenvalue weighted by molar-refractivity contribution is 6.11. The van der Waals surface area contributed by atoms with Crippen LogP contribution >= 0.6 is 0 Å². The number of nitrogens with zero attached hydrogens (tertiary/aromatic N) is 1. The summed E-state index contributed by atoms with van der Waals surface area (Å²) in [6.07, 6.45) is 0. The zero-order chi connectivity index (χ0) is 35.8. The zero-order valence-corrected chi connectivity index (χ0v) is 22.1. The van der Waals surface area contributed by atoms with Gasteiger partial charge >= 0.3 is 0 Å². The molecule has 0 amide bonds. The monoisotopic (exact) mass is 523 g/mol. The number of aromatic nitrogens is 1. The number of benzene rings is 6. The van der Waals surface area contributed by atoms with Crippen molar-refractivity contribution in [2.45, 2.75) is 19.3 Å². The molecule has 0 spiro atoms. The number of fused-ring (bicyclic) bond motifs is 3. The molecule has 7 rings (SSSR count). The normalized spacial score (nSPS) is 15.2. The fourth-order valence-corrected chi connectivity index (χ4v) is 5.46. The van der Waals surface area contributed by atoms with Crippen LogP contribution in [0, 0.1) is 0 Å². The van der Waals surface area contributed by atoms with Gasteiger partial charge in [0.2, 0.25) is 0 Å². The Bertz CT molecular complexity index is 2330. The molecule has 0 aliphatic carbocycles. The maximum Gasteiger partial charge on any atom is 0.0629 e. The quantitative estimate of drug-likeness (QED) is 0.211. The molecule has 0 unspecified atom stereocenters. The second-order valence-electron chi connectivity index (χ2n) is 10.3. The first kappa shape index (κ1) is 15.6. The Labute approximate surface area is 250 Å². The molecule has 0 fully saturated rings. The van der Waals surface area contributed by atoms with E-state index in [0.717, 1.165) is 27.8 Å². The average Bonchev–Trinajstić information content (AvgIpc) is 3.45. The maximum absolute atomic E-state index is 8.62. The predicted molar refractivity (Wildman–Crippen MR) is 170 cm³/mol. The van der Waals surface area contributed by atoms with Crippen LogP contribution in [0.25, 0.3) is 49.7 Å². The minimum Gasteiger partial charge on any atom is -0.309 e. The molecule has 0 N–H and O–H groups in total. The van der Waals surface area contributed by atoms with Crippen molar-refractivity contribution < 1.29 is 13.7 Å². The van der Waals surface area contributed by atoms with Crippen molar-refractivity contribution in [1.82, 2.24) is 4.57 Å². The first-order chi connectivity index (χ1) is 23.7. The third kappa shape index (κ3) is 4.12. The Balaban J connectivity index is 1.54. The highest BCUT2D eigenvalue weighted by atomic mass is 15.0. The Hall–Kier alpha value is -4.88. The van der Waals surface area contributed by atoms with Crippen molar-refractivity contribution >= 4 is 21.8 Å². The zero-order valence-electron chi connectivity index (χ0n) is 32.1. The first-order valence-corrected chi connectivity index (χ1v) is 13.1. The lowest BCUT2D eigenvalue weighted by Gasteiger charge is -2.27. The van der Waals surface area contributed by atoms with E-state index < -0.39 is 36.3 Å². The van der Waals surface area contributed by atoms with Gasteiger partial charge in [0.25, 0.3) is 0 Å². The topological polar surface area (TPSA) is 4.93 Å². The highest BCUT2D eigenvalue weighted by Crippen LogP contribution is 2.38. The van der Waals surface area contributed by atoms with Crippen LogP contribution in [0.1, 0.15) is 38.7 Å². The number of hydrogen-bond donors (Lipinski definition) is 0. The molecular weight excluding hydrogens is 482 g/mol. The summed E-state index contributed by atoms with van der Waals surface area (Å²) in [6, 6.07) is 25.4. The Morgan fingerprint density at radius 3 is 1.57 bits per heavy atom. The van der Waals surface area contributed by atoms with E-state index in [-0.39, 0.29) is 40.7 Å². The van der Waals surface area contributed by atoms with Gasteiger partial charge in [-0.1, -0.05) is 129 Å². The summed E-state index contributed by atoms with van der Waals surface area (Å²) in [7, 11) is 0. The largest absolute Gasteiger partial charge is 0.309 e. The molecule has 1 aromatic heterocycles. The summed E-state index contributed by atoms with van der Waals surface area (Å²) in [5.74, 6) is 0. The standard InChI is InChI=1S/C39H31N/c1-39(2,32-17-10-5-11-18-32)33-19-12-20-34(27-33)40-37-23-21-30(28-13-6-3-7-14-28)25-35(37)36-26-31(22-24-38(36)40)29-15-8-4-9-16-29/h3-27H,1-2H3/i3D,4D,6D,7D,8D,9D,13D,14D,15D,16D. The molecule has 1 heterocycles. The second-order valence-corrected chi connectivity index (χ2v) is 10.3. The predicted octanol–water partition coefficient (Wildman–Crippen LogP) is 10.4. The van der Waals surface area contributed by atoms with E-state index in [1.54, 1.807) is 24.3 Å². The summed E-state index contributed by atoms with van der Waals surface area (Å²) < 4.78 is 85.7. The molecule has 0 atom stereocenters. The molecule has 0 saturated heterocycles. The lowest BCUT2D eigenvalue weighted by molar-refractivity contribution is 0.640. The molecular formula is C39H31N. The van der Waals surface area contributed by atoms with Gasteiger partial charge in [-0.2, -0.15) is 0 Å². The molecule has 7 aromatic rings. The van der Waals surface area contributed by atoms with Crippen LogP contribution in [0.15, 0.2) is 151 Å². The molecule has 6 aromatic carbocycles. The van der Waals surface area contributed by atoms with Crippen LogP contribution in [0.5, 0.6) is 0 Å². The van der Waals surface area contributed by atoms with Gasteiger partial charge in [-0.25, -0.2) is 0 Å². The van der Waals surface area contributed by atoms with E-state index >= 15 is 0 Å². The van der Waals surface area contributed by atoms with E-state index in [4.69, 9.17) is 13.7 Å². The molecule has 40 heavy (non-hydrogen) atoms. The summed E-state index contributed by atoms with van der Waals surface area (Å²) in [5.41, 5.74) is 5.37. The maximum atomic E-state index is 8.62. The van der Waals surface area contributed by atoms with Crippen molar-refractivity contribution in [3.8, 4) is 27.9 Å². The third-order valence-corrected chi connectivity index (χ3v) is 7.66. The Morgan fingerprint density at radius 2 is 1.02 bits per heavy atom. The van der Waals surface area contributed by atoms with E-state index in [9.17, 15) is 0 Å². The molecule has 0 bridgehead atoms. The first-order valence-electron chi connectivity index (χ1n) is 18.1. The van der Waals surface area contributed by atoms with Crippen LogP contribution in [0.3, 0.4) is 0 Å². The Morgan fingerprint density at radius 1 is 0.500 bits per heavy atom. The summed E-state index contributed by atoms with van der Waals surface area (Å²) in [5, 5.41) is 1.40. The molecule has 0 aliphatic heterocycles. The Kier molecular flexibility index (Phi) is 3.79. The average molecular weight is 524 g/mol. The van der Waals surface area contributed by atoms with E-state index in [1.807, 2.05) is 42.5 Å². The summed E-state index contributed by atoms with van der Waals surface area (Å²) in [4.78, 5) is 0. The van der Waals surface area contributed by atoms with Gasteiger partial charge < -0.3 is 4.57 Å². The minimum atomic E-state index is -0.469.